The van der Waals surface area contributed by atoms with Crippen molar-refractivity contribution in [2.45, 2.75) is 13.3 Å². The molecule has 142 valence electrons. The van der Waals surface area contributed by atoms with Crippen LogP contribution in [0, 0.1) is 5.82 Å². The summed E-state index contributed by atoms with van der Waals surface area (Å²) in [5.74, 6) is -0.442. The second kappa shape index (κ2) is 8.77. The summed E-state index contributed by atoms with van der Waals surface area (Å²) in [6.45, 7) is 4.83. The average Bonchev–Trinajstić information content (AvgIpc) is 2.70. The summed E-state index contributed by atoms with van der Waals surface area (Å²) in [5.41, 5.74) is 2.49. The number of amides is 2. The second-order valence-corrected chi connectivity index (χ2v) is 6.67. The van der Waals surface area contributed by atoms with Crippen molar-refractivity contribution in [3.05, 3.63) is 65.5 Å². The standard InChI is InChI=1S/C21H24FN3O2/c1-2-16-3-5-17(6-4-16)21(27)25-13-11-24(12-14-25)15-20(26)23-19-9-7-18(22)8-10-19/h3-10H,2,11-15H2,1H3,(H,23,26). The highest BCUT2D eigenvalue weighted by atomic mass is 19.1. The van der Waals surface area contributed by atoms with Gasteiger partial charge in [0.1, 0.15) is 5.82 Å². The highest BCUT2D eigenvalue weighted by molar-refractivity contribution is 5.94. The summed E-state index contributed by atoms with van der Waals surface area (Å²) < 4.78 is 12.9. The first-order valence-electron chi connectivity index (χ1n) is 9.21. The highest BCUT2D eigenvalue weighted by Gasteiger charge is 2.23. The lowest BCUT2D eigenvalue weighted by Gasteiger charge is -2.34. The minimum absolute atomic E-state index is 0.0352. The first-order valence-corrected chi connectivity index (χ1v) is 9.21. The third kappa shape index (κ3) is 5.14. The second-order valence-electron chi connectivity index (χ2n) is 6.67. The summed E-state index contributed by atoms with van der Waals surface area (Å²) in [7, 11) is 0. The molecule has 6 heteroatoms. The molecule has 1 N–H and O–H groups in total. The normalized spacial score (nSPS) is 14.8. The number of rotatable bonds is 5. The number of carbonyl (C=O) groups excluding carboxylic acids is 2. The summed E-state index contributed by atoms with van der Waals surface area (Å²) in [6.07, 6.45) is 0.952. The van der Waals surface area contributed by atoms with Crippen LogP contribution in [0.4, 0.5) is 10.1 Å². The largest absolute Gasteiger partial charge is 0.336 e. The van der Waals surface area contributed by atoms with E-state index in [9.17, 15) is 14.0 Å². The van der Waals surface area contributed by atoms with Crippen molar-refractivity contribution in [1.29, 1.82) is 0 Å². The molecule has 0 bridgehead atoms. The van der Waals surface area contributed by atoms with E-state index in [1.165, 1.54) is 29.8 Å². The molecule has 2 amide bonds. The van der Waals surface area contributed by atoms with Crippen LogP contribution in [0.15, 0.2) is 48.5 Å². The van der Waals surface area contributed by atoms with Crippen molar-refractivity contribution in [1.82, 2.24) is 9.80 Å². The number of hydrogen-bond acceptors (Lipinski definition) is 3. The number of anilines is 1. The molecule has 0 radical (unpaired) electrons. The number of nitrogens with one attached hydrogen (secondary N) is 1. The van der Waals surface area contributed by atoms with E-state index in [0.29, 0.717) is 37.4 Å². The molecular weight excluding hydrogens is 345 g/mol. The smallest absolute Gasteiger partial charge is 0.253 e. The van der Waals surface area contributed by atoms with Gasteiger partial charge in [0.15, 0.2) is 0 Å². The number of piperazine rings is 1. The number of carbonyl (C=O) groups is 2. The van der Waals surface area contributed by atoms with Gasteiger partial charge in [-0.3, -0.25) is 14.5 Å². The van der Waals surface area contributed by atoms with Gasteiger partial charge in [0.2, 0.25) is 5.91 Å². The Labute approximate surface area is 158 Å². The fourth-order valence-electron chi connectivity index (χ4n) is 3.11. The van der Waals surface area contributed by atoms with E-state index in [2.05, 4.69) is 12.2 Å². The lowest BCUT2D eigenvalue weighted by atomic mass is 10.1. The molecule has 1 fully saturated rings. The first-order chi connectivity index (χ1) is 13.0. The Morgan fingerprint density at radius 2 is 1.59 bits per heavy atom. The van der Waals surface area contributed by atoms with Gasteiger partial charge in [-0.2, -0.15) is 0 Å². The lowest BCUT2D eigenvalue weighted by molar-refractivity contribution is -0.117. The molecule has 1 aliphatic rings. The molecule has 0 spiro atoms. The zero-order valence-corrected chi connectivity index (χ0v) is 15.5. The number of hydrogen-bond donors (Lipinski definition) is 1. The summed E-state index contributed by atoms with van der Waals surface area (Å²) in [4.78, 5) is 28.6. The van der Waals surface area contributed by atoms with Crippen molar-refractivity contribution in [3.8, 4) is 0 Å². The van der Waals surface area contributed by atoms with E-state index < -0.39 is 0 Å². The zero-order valence-electron chi connectivity index (χ0n) is 15.5. The van der Waals surface area contributed by atoms with Gasteiger partial charge < -0.3 is 10.2 Å². The van der Waals surface area contributed by atoms with Crippen LogP contribution in [-0.4, -0.2) is 54.3 Å². The quantitative estimate of drug-likeness (QED) is 0.882. The van der Waals surface area contributed by atoms with Crippen LogP contribution in [0.1, 0.15) is 22.8 Å². The molecule has 5 nitrogen and oxygen atoms in total. The monoisotopic (exact) mass is 369 g/mol. The number of benzene rings is 2. The molecule has 1 heterocycles. The molecule has 0 aromatic heterocycles. The predicted octanol–water partition coefficient (Wildman–Crippen LogP) is 2.78. The Morgan fingerprint density at radius 1 is 0.963 bits per heavy atom. The van der Waals surface area contributed by atoms with Crippen LogP contribution in [0.25, 0.3) is 0 Å². The van der Waals surface area contributed by atoms with E-state index in [1.54, 1.807) is 0 Å². The van der Waals surface area contributed by atoms with Crippen molar-refractivity contribution in [2.75, 3.05) is 38.0 Å². The fraction of sp³-hybridized carbons (Fsp3) is 0.333. The van der Waals surface area contributed by atoms with Crippen LogP contribution in [-0.2, 0) is 11.2 Å². The Balaban J connectivity index is 1.47. The first kappa shape index (κ1) is 19.0. The summed E-state index contributed by atoms with van der Waals surface area (Å²) in [5, 5.41) is 2.76. The third-order valence-corrected chi connectivity index (χ3v) is 4.76. The van der Waals surface area contributed by atoms with Crippen molar-refractivity contribution < 1.29 is 14.0 Å². The average molecular weight is 369 g/mol. The third-order valence-electron chi connectivity index (χ3n) is 4.76. The van der Waals surface area contributed by atoms with E-state index in [4.69, 9.17) is 0 Å². The number of halogens is 1. The van der Waals surface area contributed by atoms with Crippen molar-refractivity contribution >= 4 is 17.5 Å². The molecular formula is C21H24FN3O2. The Morgan fingerprint density at radius 3 is 2.19 bits per heavy atom. The molecule has 0 unspecified atom stereocenters. The predicted molar refractivity (Wildman–Crippen MR) is 103 cm³/mol. The Hall–Kier alpha value is -2.73. The number of aryl methyl sites for hydroxylation is 1. The van der Waals surface area contributed by atoms with Gasteiger partial charge in [-0.25, -0.2) is 4.39 Å². The van der Waals surface area contributed by atoms with Crippen LogP contribution >= 0.6 is 0 Å². The molecule has 0 atom stereocenters. The van der Waals surface area contributed by atoms with Gasteiger partial charge in [-0.1, -0.05) is 19.1 Å². The van der Waals surface area contributed by atoms with Gasteiger partial charge in [-0.15, -0.1) is 0 Å². The lowest BCUT2D eigenvalue weighted by Crippen LogP contribution is -2.50. The van der Waals surface area contributed by atoms with E-state index in [-0.39, 0.29) is 24.2 Å². The van der Waals surface area contributed by atoms with Crippen LogP contribution in [0.5, 0.6) is 0 Å². The van der Waals surface area contributed by atoms with Crippen LogP contribution in [0.2, 0.25) is 0 Å². The maximum absolute atomic E-state index is 12.9. The molecule has 27 heavy (non-hydrogen) atoms. The Bertz CT molecular complexity index is 782. The summed E-state index contributed by atoms with van der Waals surface area (Å²) in [6, 6.07) is 13.4. The molecule has 1 aliphatic heterocycles. The topological polar surface area (TPSA) is 52.7 Å². The molecule has 2 aromatic rings. The van der Waals surface area contributed by atoms with Gasteiger partial charge in [-0.05, 0) is 48.4 Å². The van der Waals surface area contributed by atoms with Gasteiger partial charge in [0, 0.05) is 37.4 Å². The fourth-order valence-corrected chi connectivity index (χ4v) is 3.11. The minimum Gasteiger partial charge on any atom is -0.336 e. The maximum atomic E-state index is 12.9. The van der Waals surface area contributed by atoms with E-state index in [1.807, 2.05) is 34.1 Å². The van der Waals surface area contributed by atoms with Gasteiger partial charge in [0.25, 0.3) is 5.91 Å². The van der Waals surface area contributed by atoms with E-state index >= 15 is 0 Å². The van der Waals surface area contributed by atoms with Gasteiger partial charge >= 0.3 is 0 Å². The number of nitrogens with zero attached hydrogens (tertiary/aromatic N) is 2. The molecule has 0 saturated carbocycles. The minimum atomic E-state index is -0.335. The highest BCUT2D eigenvalue weighted by Crippen LogP contribution is 2.12. The molecule has 1 saturated heterocycles. The van der Waals surface area contributed by atoms with Crippen LogP contribution < -0.4 is 5.32 Å². The molecule has 3 rings (SSSR count). The van der Waals surface area contributed by atoms with Crippen molar-refractivity contribution in [3.63, 3.8) is 0 Å². The molecule has 0 aliphatic carbocycles. The van der Waals surface area contributed by atoms with Crippen molar-refractivity contribution in [2.24, 2.45) is 0 Å². The zero-order chi connectivity index (χ0) is 19.2. The Kier molecular flexibility index (Phi) is 6.19. The van der Waals surface area contributed by atoms with E-state index in [0.717, 1.165) is 6.42 Å². The van der Waals surface area contributed by atoms with Crippen LogP contribution in [0.3, 0.4) is 0 Å². The SMILES string of the molecule is CCc1ccc(C(=O)N2CCN(CC(=O)Nc3ccc(F)cc3)CC2)cc1. The maximum Gasteiger partial charge on any atom is 0.253 e. The summed E-state index contributed by atoms with van der Waals surface area (Å²) >= 11 is 0. The van der Waals surface area contributed by atoms with Gasteiger partial charge in [0.05, 0.1) is 6.54 Å². The molecule has 2 aromatic carbocycles.